The monoisotopic (exact) mass is 270 g/mol. The maximum atomic E-state index is 6.01. The lowest BCUT2D eigenvalue weighted by atomic mass is 9.91. The van der Waals surface area contributed by atoms with Crippen molar-refractivity contribution in [3.63, 3.8) is 0 Å². The molecule has 0 aliphatic rings. The van der Waals surface area contributed by atoms with Crippen molar-refractivity contribution in [2.45, 2.75) is 5.92 Å². The molecule has 0 saturated carbocycles. The summed E-state index contributed by atoms with van der Waals surface area (Å²) in [5.41, 5.74) is 9.49. The van der Waals surface area contributed by atoms with Gasteiger partial charge < -0.3 is 10.7 Å². The number of halogens is 1. The predicted molar refractivity (Wildman–Crippen MR) is 80.6 cm³/mol. The molecule has 0 aliphatic heterocycles. The molecule has 2 aromatic carbocycles. The Hall–Kier alpha value is -1.77. The molecule has 3 N–H and O–H groups in total. The van der Waals surface area contributed by atoms with Crippen LogP contribution in [-0.4, -0.2) is 11.5 Å². The van der Waals surface area contributed by atoms with Crippen LogP contribution in [0, 0.1) is 0 Å². The Kier molecular flexibility index (Phi) is 3.28. The zero-order valence-corrected chi connectivity index (χ0v) is 11.2. The zero-order valence-electron chi connectivity index (χ0n) is 10.4. The second-order valence-electron chi connectivity index (χ2n) is 4.63. The second kappa shape index (κ2) is 5.08. The fraction of sp³-hybridized carbons (Fsp3) is 0.125. The molecule has 0 spiro atoms. The molecule has 1 unspecified atom stereocenters. The molecule has 1 aromatic heterocycles. The Morgan fingerprint density at radius 3 is 2.63 bits per heavy atom. The van der Waals surface area contributed by atoms with E-state index in [-0.39, 0.29) is 5.92 Å². The van der Waals surface area contributed by atoms with Crippen LogP contribution in [0.2, 0.25) is 5.02 Å². The summed E-state index contributed by atoms with van der Waals surface area (Å²) in [4.78, 5) is 3.27. The molecule has 1 heterocycles. The van der Waals surface area contributed by atoms with Gasteiger partial charge in [-0.3, -0.25) is 0 Å². The van der Waals surface area contributed by atoms with E-state index < -0.39 is 0 Å². The Morgan fingerprint density at radius 2 is 1.89 bits per heavy atom. The minimum Gasteiger partial charge on any atom is -0.361 e. The zero-order chi connectivity index (χ0) is 13.2. The summed E-state index contributed by atoms with van der Waals surface area (Å²) in [6.45, 7) is 0.583. The number of fused-ring (bicyclic) bond motifs is 1. The molecule has 2 nitrogen and oxygen atoms in total. The molecule has 3 aromatic rings. The lowest BCUT2D eigenvalue weighted by Gasteiger charge is -2.14. The van der Waals surface area contributed by atoms with Crippen LogP contribution >= 0.6 is 11.6 Å². The molecule has 3 heteroatoms. The van der Waals surface area contributed by atoms with Crippen LogP contribution in [0.3, 0.4) is 0 Å². The maximum Gasteiger partial charge on any atom is 0.0471 e. The minimum atomic E-state index is 0.205. The van der Waals surface area contributed by atoms with E-state index in [0.29, 0.717) is 6.54 Å². The number of hydrogen-bond donors (Lipinski definition) is 2. The highest BCUT2D eigenvalue weighted by atomic mass is 35.5. The molecule has 96 valence electrons. The summed E-state index contributed by atoms with van der Waals surface area (Å²) < 4.78 is 0. The molecule has 19 heavy (non-hydrogen) atoms. The van der Waals surface area contributed by atoms with Gasteiger partial charge in [-0.2, -0.15) is 0 Å². The van der Waals surface area contributed by atoms with Crippen molar-refractivity contribution in [1.29, 1.82) is 0 Å². The molecule has 0 aliphatic carbocycles. The van der Waals surface area contributed by atoms with Gasteiger partial charge in [0.2, 0.25) is 0 Å². The van der Waals surface area contributed by atoms with E-state index in [1.807, 2.05) is 36.5 Å². The van der Waals surface area contributed by atoms with Crippen molar-refractivity contribution < 1.29 is 0 Å². The molecule has 0 amide bonds. The molecule has 1 atom stereocenters. The van der Waals surface area contributed by atoms with Crippen LogP contribution in [0.4, 0.5) is 0 Å². The highest BCUT2D eigenvalue weighted by Gasteiger charge is 2.16. The van der Waals surface area contributed by atoms with Crippen molar-refractivity contribution in [1.82, 2.24) is 4.98 Å². The number of rotatable bonds is 3. The van der Waals surface area contributed by atoms with Gasteiger partial charge in [0.15, 0.2) is 0 Å². The largest absolute Gasteiger partial charge is 0.361 e. The van der Waals surface area contributed by atoms with Crippen LogP contribution < -0.4 is 5.73 Å². The highest BCUT2D eigenvalue weighted by Crippen LogP contribution is 2.31. The fourth-order valence-electron chi connectivity index (χ4n) is 2.54. The van der Waals surface area contributed by atoms with Gasteiger partial charge in [-0.05, 0) is 23.3 Å². The standard InChI is InChI=1S/C16H15ClN2/c17-12-6-7-13-15(10-19-16(13)8-12)14(9-18)11-4-2-1-3-5-11/h1-8,10,14,19H,9,18H2. The van der Waals surface area contributed by atoms with Crippen molar-refractivity contribution >= 4 is 22.5 Å². The summed E-state index contributed by atoms with van der Waals surface area (Å²) in [5.74, 6) is 0.205. The number of nitrogens with one attached hydrogen (secondary N) is 1. The molecule has 0 saturated heterocycles. The van der Waals surface area contributed by atoms with Crippen molar-refractivity contribution in [3.05, 3.63) is 70.9 Å². The summed E-state index contributed by atoms with van der Waals surface area (Å²) in [6.07, 6.45) is 2.03. The van der Waals surface area contributed by atoms with Crippen molar-refractivity contribution in [3.8, 4) is 0 Å². The van der Waals surface area contributed by atoms with Gasteiger partial charge in [0.05, 0.1) is 0 Å². The van der Waals surface area contributed by atoms with Crippen LogP contribution in [0.5, 0.6) is 0 Å². The van der Waals surface area contributed by atoms with Crippen molar-refractivity contribution in [2.24, 2.45) is 5.73 Å². The normalized spacial score (nSPS) is 12.7. The maximum absolute atomic E-state index is 6.01. The molecule has 0 radical (unpaired) electrons. The van der Waals surface area contributed by atoms with Gasteiger partial charge in [-0.15, -0.1) is 0 Å². The summed E-state index contributed by atoms with van der Waals surface area (Å²) in [7, 11) is 0. The van der Waals surface area contributed by atoms with Crippen LogP contribution in [0.15, 0.2) is 54.7 Å². The number of nitrogens with two attached hydrogens (primary N) is 1. The van der Waals surface area contributed by atoms with Gasteiger partial charge in [-0.1, -0.05) is 48.0 Å². The Labute approximate surface area is 117 Å². The average molecular weight is 271 g/mol. The van der Waals surface area contributed by atoms with Crippen LogP contribution in [0.1, 0.15) is 17.0 Å². The third-order valence-corrected chi connectivity index (χ3v) is 3.72. The molecule has 0 bridgehead atoms. The number of H-pyrrole nitrogens is 1. The third-order valence-electron chi connectivity index (χ3n) is 3.49. The lowest BCUT2D eigenvalue weighted by Crippen LogP contribution is -2.13. The summed E-state index contributed by atoms with van der Waals surface area (Å²) in [5, 5.41) is 1.92. The minimum absolute atomic E-state index is 0.205. The van der Waals surface area contributed by atoms with E-state index in [9.17, 15) is 0 Å². The first-order valence-corrected chi connectivity index (χ1v) is 6.69. The predicted octanol–water partition coefficient (Wildman–Crippen LogP) is 3.91. The van der Waals surface area contributed by atoms with E-state index >= 15 is 0 Å². The first-order chi connectivity index (χ1) is 9.29. The van der Waals surface area contributed by atoms with Gasteiger partial charge in [0.1, 0.15) is 0 Å². The Balaban J connectivity index is 2.12. The van der Waals surface area contributed by atoms with Gasteiger partial charge in [0, 0.05) is 34.6 Å². The summed E-state index contributed by atoms with van der Waals surface area (Å²) in [6, 6.07) is 16.3. The first-order valence-electron chi connectivity index (χ1n) is 6.31. The topological polar surface area (TPSA) is 41.8 Å². The van der Waals surface area contributed by atoms with Crippen LogP contribution in [0.25, 0.3) is 10.9 Å². The van der Waals surface area contributed by atoms with E-state index in [1.165, 1.54) is 16.5 Å². The molecular weight excluding hydrogens is 256 g/mol. The van der Waals surface area contributed by atoms with E-state index in [0.717, 1.165) is 10.5 Å². The van der Waals surface area contributed by atoms with Crippen LogP contribution in [-0.2, 0) is 0 Å². The molecular formula is C16H15ClN2. The lowest BCUT2D eigenvalue weighted by molar-refractivity contribution is 0.825. The van der Waals surface area contributed by atoms with E-state index in [1.54, 1.807) is 0 Å². The summed E-state index contributed by atoms with van der Waals surface area (Å²) >= 11 is 6.01. The number of aromatic nitrogens is 1. The SMILES string of the molecule is NCC(c1ccccc1)c1c[nH]c2cc(Cl)ccc12. The fourth-order valence-corrected chi connectivity index (χ4v) is 2.71. The third kappa shape index (κ3) is 2.25. The van der Waals surface area contributed by atoms with Gasteiger partial charge in [0.25, 0.3) is 0 Å². The van der Waals surface area contributed by atoms with Crippen molar-refractivity contribution in [2.75, 3.05) is 6.54 Å². The Bertz CT molecular complexity index is 688. The van der Waals surface area contributed by atoms with Gasteiger partial charge >= 0.3 is 0 Å². The number of benzene rings is 2. The molecule has 3 rings (SSSR count). The second-order valence-corrected chi connectivity index (χ2v) is 5.07. The number of aromatic amines is 1. The highest BCUT2D eigenvalue weighted by molar-refractivity contribution is 6.31. The van der Waals surface area contributed by atoms with E-state index in [2.05, 4.69) is 23.2 Å². The quantitative estimate of drug-likeness (QED) is 0.744. The van der Waals surface area contributed by atoms with E-state index in [4.69, 9.17) is 17.3 Å². The van der Waals surface area contributed by atoms with Gasteiger partial charge in [-0.25, -0.2) is 0 Å². The average Bonchev–Trinajstić information content (AvgIpc) is 2.84. The molecule has 0 fully saturated rings. The Morgan fingerprint density at radius 1 is 1.11 bits per heavy atom. The smallest absolute Gasteiger partial charge is 0.0471 e. The number of hydrogen-bond acceptors (Lipinski definition) is 1. The first kappa shape index (κ1) is 12.3.